The van der Waals surface area contributed by atoms with Crippen molar-refractivity contribution in [3.8, 4) is 0 Å². The Morgan fingerprint density at radius 3 is 2.42 bits per heavy atom. The lowest BCUT2D eigenvalue weighted by atomic mass is 9.50. The van der Waals surface area contributed by atoms with Crippen molar-refractivity contribution in [1.29, 1.82) is 0 Å². The molecule has 1 saturated carbocycles. The Balaban J connectivity index is 2.11. The second-order valence-electron chi connectivity index (χ2n) is 9.22. The molecule has 1 spiro atoms. The van der Waals surface area contributed by atoms with Crippen molar-refractivity contribution in [1.82, 2.24) is 0 Å². The molecule has 24 heavy (non-hydrogen) atoms. The first kappa shape index (κ1) is 18.1. The highest BCUT2D eigenvalue weighted by atomic mass is 16.7. The number of carbonyl (C=O) groups is 1. The lowest BCUT2D eigenvalue weighted by molar-refractivity contribution is -0.280. The van der Waals surface area contributed by atoms with Crippen LogP contribution in [0.15, 0.2) is 12.7 Å². The molecule has 0 unspecified atom stereocenters. The summed E-state index contributed by atoms with van der Waals surface area (Å²) in [6.07, 6.45) is 5.86. The van der Waals surface area contributed by atoms with Crippen LogP contribution in [0.2, 0.25) is 0 Å². The zero-order chi connectivity index (χ0) is 18.0. The SMILES string of the molecule is C=C[C@]1(C)CC[C@]2(O[C@H](CC(C)=O)[C@@]3(O)C(C)(C)CCC[C@]23C)O1. The van der Waals surface area contributed by atoms with Crippen molar-refractivity contribution in [2.45, 2.75) is 96.2 Å². The number of carbonyl (C=O) groups excluding carboxylic acids is 1. The first-order chi connectivity index (χ1) is 11.0. The van der Waals surface area contributed by atoms with Gasteiger partial charge in [-0.25, -0.2) is 0 Å². The van der Waals surface area contributed by atoms with E-state index in [0.29, 0.717) is 0 Å². The zero-order valence-corrected chi connectivity index (χ0v) is 15.8. The Hall–Kier alpha value is -0.710. The highest BCUT2D eigenvalue weighted by Crippen LogP contribution is 2.69. The summed E-state index contributed by atoms with van der Waals surface area (Å²) in [7, 11) is 0. The summed E-state index contributed by atoms with van der Waals surface area (Å²) in [5.74, 6) is -0.804. The van der Waals surface area contributed by atoms with Gasteiger partial charge < -0.3 is 14.6 Å². The van der Waals surface area contributed by atoms with Gasteiger partial charge in [0.15, 0.2) is 5.79 Å². The fourth-order valence-electron chi connectivity index (χ4n) is 5.69. The van der Waals surface area contributed by atoms with Crippen molar-refractivity contribution in [2.75, 3.05) is 0 Å². The summed E-state index contributed by atoms with van der Waals surface area (Å²) >= 11 is 0. The van der Waals surface area contributed by atoms with E-state index in [1.165, 1.54) is 0 Å². The summed E-state index contributed by atoms with van der Waals surface area (Å²) in [5, 5.41) is 12.0. The van der Waals surface area contributed by atoms with E-state index >= 15 is 0 Å². The number of hydrogen-bond donors (Lipinski definition) is 1. The number of hydrogen-bond acceptors (Lipinski definition) is 4. The molecule has 2 saturated heterocycles. The zero-order valence-electron chi connectivity index (χ0n) is 15.8. The first-order valence-corrected chi connectivity index (χ1v) is 9.19. The van der Waals surface area contributed by atoms with Gasteiger partial charge in [0.1, 0.15) is 11.4 Å². The van der Waals surface area contributed by atoms with Crippen LogP contribution in [0.25, 0.3) is 0 Å². The third kappa shape index (κ3) is 2.06. The summed E-state index contributed by atoms with van der Waals surface area (Å²) in [4.78, 5) is 11.9. The topological polar surface area (TPSA) is 55.8 Å². The second-order valence-corrected chi connectivity index (χ2v) is 9.22. The molecule has 5 atom stereocenters. The molecular formula is C20H32O4. The fourth-order valence-corrected chi connectivity index (χ4v) is 5.69. The third-order valence-electron chi connectivity index (χ3n) is 7.24. The van der Waals surface area contributed by atoms with Crippen LogP contribution in [0.1, 0.15) is 73.1 Å². The Bertz CT molecular complexity index is 570. The number of ether oxygens (including phenoxy) is 2. The lowest BCUT2D eigenvalue weighted by Crippen LogP contribution is -2.65. The van der Waals surface area contributed by atoms with Gasteiger partial charge in [-0.3, -0.25) is 4.79 Å². The van der Waals surface area contributed by atoms with Crippen LogP contribution >= 0.6 is 0 Å². The van der Waals surface area contributed by atoms with E-state index in [0.717, 1.165) is 32.1 Å². The van der Waals surface area contributed by atoms with Gasteiger partial charge in [-0.2, -0.15) is 0 Å². The van der Waals surface area contributed by atoms with Crippen LogP contribution in [0, 0.1) is 10.8 Å². The molecule has 0 amide bonds. The van der Waals surface area contributed by atoms with Gasteiger partial charge in [0.25, 0.3) is 0 Å². The van der Waals surface area contributed by atoms with Crippen molar-refractivity contribution in [2.24, 2.45) is 10.8 Å². The molecule has 4 nitrogen and oxygen atoms in total. The van der Waals surface area contributed by atoms with Crippen LogP contribution in [0.3, 0.4) is 0 Å². The van der Waals surface area contributed by atoms with Gasteiger partial charge in [-0.15, -0.1) is 6.58 Å². The molecule has 0 aromatic rings. The van der Waals surface area contributed by atoms with E-state index in [1.54, 1.807) is 6.92 Å². The Morgan fingerprint density at radius 1 is 1.21 bits per heavy atom. The first-order valence-electron chi connectivity index (χ1n) is 9.19. The maximum Gasteiger partial charge on any atom is 0.178 e. The molecule has 0 aromatic heterocycles. The molecular weight excluding hydrogens is 304 g/mol. The van der Waals surface area contributed by atoms with E-state index in [1.807, 2.05) is 13.0 Å². The van der Waals surface area contributed by atoms with Gasteiger partial charge in [0.05, 0.1) is 17.1 Å². The van der Waals surface area contributed by atoms with E-state index in [9.17, 15) is 9.90 Å². The maximum atomic E-state index is 12.0. The van der Waals surface area contributed by atoms with E-state index in [2.05, 4.69) is 27.4 Å². The van der Waals surface area contributed by atoms with Crippen molar-refractivity contribution < 1.29 is 19.4 Å². The van der Waals surface area contributed by atoms with Crippen LogP contribution in [0.5, 0.6) is 0 Å². The number of Topliss-reactive ketones (excluding diaryl/α,β-unsaturated/α-hetero) is 1. The molecule has 1 aliphatic carbocycles. The molecule has 3 rings (SSSR count). The van der Waals surface area contributed by atoms with Crippen molar-refractivity contribution in [3.63, 3.8) is 0 Å². The summed E-state index contributed by atoms with van der Waals surface area (Å²) in [6.45, 7) is 13.8. The second kappa shape index (κ2) is 5.15. The molecule has 3 aliphatic rings. The predicted molar refractivity (Wildman–Crippen MR) is 92.5 cm³/mol. The lowest BCUT2D eigenvalue weighted by Gasteiger charge is -2.57. The maximum absolute atomic E-state index is 12.0. The molecule has 2 aliphatic heterocycles. The van der Waals surface area contributed by atoms with Crippen LogP contribution in [0.4, 0.5) is 0 Å². The molecule has 0 radical (unpaired) electrons. The minimum Gasteiger partial charge on any atom is -0.386 e. The number of rotatable bonds is 3. The largest absolute Gasteiger partial charge is 0.386 e. The van der Waals surface area contributed by atoms with Crippen molar-refractivity contribution in [3.05, 3.63) is 12.7 Å². The highest BCUT2D eigenvalue weighted by Gasteiger charge is 2.78. The average molecular weight is 336 g/mol. The normalized spacial score (nSPS) is 50.0. The van der Waals surface area contributed by atoms with Crippen LogP contribution in [-0.2, 0) is 14.3 Å². The summed E-state index contributed by atoms with van der Waals surface area (Å²) in [5.41, 5.74) is -2.41. The monoisotopic (exact) mass is 336 g/mol. The van der Waals surface area contributed by atoms with Gasteiger partial charge in [0.2, 0.25) is 0 Å². The molecule has 0 bridgehead atoms. The number of aliphatic hydroxyl groups is 1. The predicted octanol–water partition coefficient (Wildman–Crippen LogP) is 3.76. The summed E-state index contributed by atoms with van der Waals surface area (Å²) in [6, 6.07) is 0. The van der Waals surface area contributed by atoms with Gasteiger partial charge in [-0.05, 0) is 38.5 Å². The van der Waals surface area contributed by atoms with Gasteiger partial charge in [-0.1, -0.05) is 33.3 Å². The fraction of sp³-hybridized carbons (Fsp3) is 0.850. The Labute approximate surface area is 145 Å². The molecule has 1 N–H and O–H groups in total. The molecule has 0 aromatic carbocycles. The van der Waals surface area contributed by atoms with Gasteiger partial charge in [0, 0.05) is 12.8 Å². The van der Waals surface area contributed by atoms with E-state index in [-0.39, 0.29) is 17.6 Å². The van der Waals surface area contributed by atoms with Gasteiger partial charge >= 0.3 is 0 Å². The quantitative estimate of drug-likeness (QED) is 0.797. The van der Waals surface area contributed by atoms with E-state index < -0.39 is 28.5 Å². The molecule has 3 fully saturated rings. The number of fused-ring (bicyclic) bond motifs is 2. The Morgan fingerprint density at radius 2 is 1.88 bits per heavy atom. The van der Waals surface area contributed by atoms with Crippen LogP contribution < -0.4 is 0 Å². The molecule has 4 heteroatoms. The standard InChI is InChI=1S/C20H32O4/c1-7-17(5)11-12-19(24-17)18(6)10-8-9-16(3,4)20(18,22)15(23-19)13-14(2)21/h7,15,22H,1,8-13H2,2-6H3/t15-,17-,18-,19+,20-/m1/s1. The summed E-state index contributed by atoms with van der Waals surface area (Å²) < 4.78 is 12.9. The smallest absolute Gasteiger partial charge is 0.178 e. The Kier molecular flexibility index (Phi) is 3.88. The highest BCUT2D eigenvalue weighted by molar-refractivity contribution is 5.76. The average Bonchev–Trinajstić information content (AvgIpc) is 2.90. The molecule has 2 heterocycles. The number of ketones is 1. The van der Waals surface area contributed by atoms with E-state index in [4.69, 9.17) is 9.47 Å². The van der Waals surface area contributed by atoms with Crippen LogP contribution in [-0.4, -0.2) is 34.0 Å². The third-order valence-corrected chi connectivity index (χ3v) is 7.24. The minimum absolute atomic E-state index is 0.0404. The van der Waals surface area contributed by atoms with Crippen molar-refractivity contribution >= 4 is 5.78 Å². The minimum atomic E-state index is -1.09. The molecule has 136 valence electrons.